The number of carbonyl (C=O) groups is 1. The number of phenols is 1. The number of nitrogens with zero attached hydrogens (tertiary/aromatic N) is 4. The lowest BCUT2D eigenvalue weighted by Crippen LogP contribution is -2.17. The summed E-state index contributed by atoms with van der Waals surface area (Å²) in [5.41, 5.74) is 5.31. The van der Waals surface area contributed by atoms with E-state index >= 15 is 0 Å². The third kappa shape index (κ3) is 6.39. The molecule has 3 rings (SSSR count). The molecule has 2 aromatic carbocycles. The molecule has 1 amide bonds. The van der Waals surface area contributed by atoms with Gasteiger partial charge in [0.25, 0.3) is 5.95 Å². The highest BCUT2D eigenvalue weighted by molar-refractivity contribution is 7.99. The fourth-order valence-corrected chi connectivity index (χ4v) is 3.52. The van der Waals surface area contributed by atoms with Crippen molar-refractivity contribution in [3.05, 3.63) is 53.6 Å². The largest absolute Gasteiger partial charge is 0.504 e. The summed E-state index contributed by atoms with van der Waals surface area (Å²) in [6, 6.07) is 12.7. The van der Waals surface area contributed by atoms with Gasteiger partial charge in [-0.1, -0.05) is 37.7 Å². The summed E-state index contributed by atoms with van der Waals surface area (Å²) in [7, 11) is 1.47. The minimum absolute atomic E-state index is 0.00636. The Morgan fingerprint density at radius 1 is 1.30 bits per heavy atom. The molecule has 0 spiro atoms. The number of aromatic hydroxyl groups is 1. The lowest BCUT2D eigenvalue weighted by atomic mass is 9.99. The predicted octanol–water partition coefficient (Wildman–Crippen LogP) is 3.40. The third-order valence-electron chi connectivity index (χ3n) is 4.95. The molecule has 1 unspecified atom stereocenters. The maximum atomic E-state index is 12.3. The first kappa shape index (κ1) is 23.9. The van der Waals surface area contributed by atoms with Crippen molar-refractivity contribution < 1.29 is 14.6 Å². The monoisotopic (exact) mass is 469 g/mol. The van der Waals surface area contributed by atoms with E-state index in [0.717, 1.165) is 23.9 Å². The first-order chi connectivity index (χ1) is 15.9. The Kier molecular flexibility index (Phi) is 8.14. The van der Waals surface area contributed by atoms with Crippen LogP contribution in [-0.4, -0.2) is 45.0 Å². The maximum absolute atomic E-state index is 12.3. The van der Waals surface area contributed by atoms with Gasteiger partial charge in [0.15, 0.2) is 11.5 Å². The van der Waals surface area contributed by atoms with E-state index in [9.17, 15) is 9.90 Å². The Morgan fingerprint density at radius 2 is 2.06 bits per heavy atom. The quantitative estimate of drug-likeness (QED) is 0.153. The van der Waals surface area contributed by atoms with Gasteiger partial charge in [-0.15, -0.1) is 10.2 Å². The van der Waals surface area contributed by atoms with Crippen molar-refractivity contribution in [3.8, 4) is 11.5 Å². The smallest absolute Gasteiger partial charge is 0.264 e. The predicted molar refractivity (Wildman–Crippen MR) is 131 cm³/mol. The zero-order chi connectivity index (χ0) is 23.8. The minimum atomic E-state index is -0.175. The number of nitrogens with two attached hydrogens (primary N) is 1. The number of carbonyl (C=O) groups excluding carboxylic acids is 1. The van der Waals surface area contributed by atoms with Crippen LogP contribution in [0.1, 0.15) is 37.3 Å². The molecule has 0 radical (unpaired) electrons. The van der Waals surface area contributed by atoms with Gasteiger partial charge in [-0.3, -0.25) is 4.79 Å². The molecule has 1 heterocycles. The Hall–Kier alpha value is -3.73. The number of methoxy groups -OCH3 is 1. The van der Waals surface area contributed by atoms with E-state index in [4.69, 9.17) is 10.6 Å². The number of ether oxygens (including phenoxy) is 1. The van der Waals surface area contributed by atoms with Gasteiger partial charge >= 0.3 is 0 Å². The molecule has 0 saturated heterocycles. The summed E-state index contributed by atoms with van der Waals surface area (Å²) in [6.45, 7) is 4.32. The van der Waals surface area contributed by atoms with Crippen molar-refractivity contribution >= 4 is 35.5 Å². The standard InChI is InChI=1S/C22H27N7O3S/c1-4-14(2)16-6-8-17(9-7-16)25-20(31)13-33-22-28-27-21(29(22)23)26-24-12-15-5-10-19(32-3)18(30)11-15/h5-12,14,30H,4,13,23H2,1-3H3,(H,25,31)(H,26,27)/b24-12+. The number of hydrogen-bond acceptors (Lipinski definition) is 9. The van der Waals surface area contributed by atoms with E-state index in [1.807, 2.05) is 24.3 Å². The zero-order valence-corrected chi connectivity index (χ0v) is 19.5. The van der Waals surface area contributed by atoms with E-state index < -0.39 is 0 Å². The number of amides is 1. The Bertz CT molecular complexity index is 1120. The van der Waals surface area contributed by atoms with Gasteiger partial charge in [-0.25, -0.2) is 10.1 Å². The second kappa shape index (κ2) is 11.2. The second-order valence-electron chi connectivity index (χ2n) is 7.25. The SMILES string of the molecule is CCC(C)c1ccc(NC(=O)CSc2nnc(N/N=C/c3ccc(OC)c(O)c3)n2N)cc1. The molecule has 0 aliphatic carbocycles. The summed E-state index contributed by atoms with van der Waals surface area (Å²) < 4.78 is 6.21. The normalized spacial score (nSPS) is 12.0. The third-order valence-corrected chi connectivity index (χ3v) is 5.90. The van der Waals surface area contributed by atoms with Gasteiger partial charge in [0.05, 0.1) is 19.1 Å². The number of aromatic nitrogens is 3. The number of benzene rings is 2. The molecule has 33 heavy (non-hydrogen) atoms. The van der Waals surface area contributed by atoms with E-state index in [1.165, 1.54) is 29.6 Å². The summed E-state index contributed by atoms with van der Waals surface area (Å²) in [4.78, 5) is 12.3. The topological polar surface area (TPSA) is 140 Å². The van der Waals surface area contributed by atoms with Crippen molar-refractivity contribution in [2.24, 2.45) is 5.10 Å². The van der Waals surface area contributed by atoms with E-state index in [0.29, 0.717) is 22.4 Å². The first-order valence-electron chi connectivity index (χ1n) is 10.3. The van der Waals surface area contributed by atoms with Crippen molar-refractivity contribution in [1.82, 2.24) is 14.9 Å². The molecule has 0 bridgehead atoms. The summed E-state index contributed by atoms with van der Waals surface area (Å²) in [5.74, 6) is 7.00. The fraction of sp³-hybridized carbons (Fsp3) is 0.273. The lowest BCUT2D eigenvalue weighted by Gasteiger charge is -2.10. The highest BCUT2D eigenvalue weighted by Crippen LogP contribution is 2.25. The van der Waals surface area contributed by atoms with Crippen LogP contribution in [-0.2, 0) is 4.79 Å². The Morgan fingerprint density at radius 3 is 2.73 bits per heavy atom. The van der Waals surface area contributed by atoms with Crippen LogP contribution < -0.4 is 21.3 Å². The van der Waals surface area contributed by atoms with E-state index in [1.54, 1.807) is 12.1 Å². The average Bonchev–Trinajstić information content (AvgIpc) is 3.17. The van der Waals surface area contributed by atoms with Gasteiger partial charge in [0.1, 0.15) is 0 Å². The van der Waals surface area contributed by atoms with Gasteiger partial charge in [-0.05, 0) is 53.8 Å². The zero-order valence-electron chi connectivity index (χ0n) is 18.6. The van der Waals surface area contributed by atoms with Gasteiger partial charge in [-0.2, -0.15) is 5.10 Å². The molecule has 0 aliphatic rings. The van der Waals surface area contributed by atoms with Crippen LogP contribution in [0, 0.1) is 0 Å². The first-order valence-corrected chi connectivity index (χ1v) is 11.3. The van der Waals surface area contributed by atoms with E-state index in [-0.39, 0.29) is 23.4 Å². The number of hydrazone groups is 1. The molecule has 1 atom stereocenters. The second-order valence-corrected chi connectivity index (χ2v) is 8.19. The fourth-order valence-electron chi connectivity index (χ4n) is 2.86. The van der Waals surface area contributed by atoms with Gasteiger partial charge in [0.2, 0.25) is 11.1 Å². The van der Waals surface area contributed by atoms with Crippen molar-refractivity contribution in [3.63, 3.8) is 0 Å². The van der Waals surface area contributed by atoms with E-state index in [2.05, 4.69) is 39.9 Å². The molecule has 1 aromatic heterocycles. The van der Waals surface area contributed by atoms with Crippen molar-refractivity contribution in [2.75, 3.05) is 29.4 Å². The molecule has 3 aromatic rings. The van der Waals surface area contributed by atoms with Crippen LogP contribution in [0.25, 0.3) is 0 Å². The summed E-state index contributed by atoms with van der Waals surface area (Å²) in [6.07, 6.45) is 2.55. The van der Waals surface area contributed by atoms with Crippen LogP contribution in [0.4, 0.5) is 11.6 Å². The van der Waals surface area contributed by atoms with Gasteiger partial charge < -0.3 is 21.0 Å². The Balaban J connectivity index is 1.51. The number of anilines is 2. The number of phenolic OH excluding ortho intramolecular Hbond substituents is 1. The molecule has 0 fully saturated rings. The highest BCUT2D eigenvalue weighted by atomic mass is 32.2. The highest BCUT2D eigenvalue weighted by Gasteiger charge is 2.12. The lowest BCUT2D eigenvalue weighted by molar-refractivity contribution is -0.113. The van der Waals surface area contributed by atoms with Crippen LogP contribution >= 0.6 is 11.8 Å². The minimum Gasteiger partial charge on any atom is -0.504 e. The molecular weight excluding hydrogens is 442 g/mol. The average molecular weight is 470 g/mol. The number of nitrogens with one attached hydrogen (secondary N) is 2. The molecule has 11 heteroatoms. The van der Waals surface area contributed by atoms with Crippen molar-refractivity contribution in [2.45, 2.75) is 31.3 Å². The molecule has 0 aliphatic heterocycles. The molecule has 174 valence electrons. The van der Waals surface area contributed by atoms with Crippen LogP contribution in [0.2, 0.25) is 0 Å². The number of rotatable bonds is 10. The number of nitrogen functional groups attached to an aromatic ring is 1. The molecule has 5 N–H and O–H groups in total. The molecular formula is C22H27N7O3S. The van der Waals surface area contributed by atoms with Crippen LogP contribution in [0.3, 0.4) is 0 Å². The van der Waals surface area contributed by atoms with Gasteiger partial charge in [0, 0.05) is 5.69 Å². The summed E-state index contributed by atoms with van der Waals surface area (Å²) >= 11 is 1.16. The number of hydrogen-bond donors (Lipinski definition) is 4. The number of thioether (sulfide) groups is 1. The van der Waals surface area contributed by atoms with Crippen molar-refractivity contribution in [1.29, 1.82) is 0 Å². The molecule has 10 nitrogen and oxygen atoms in total. The Labute approximate surface area is 196 Å². The summed E-state index contributed by atoms with van der Waals surface area (Å²) in [5, 5.41) is 25.0. The molecule has 0 saturated carbocycles. The van der Waals surface area contributed by atoms with Crippen LogP contribution in [0.15, 0.2) is 52.7 Å². The van der Waals surface area contributed by atoms with Crippen LogP contribution in [0.5, 0.6) is 11.5 Å². The maximum Gasteiger partial charge on any atom is 0.264 e.